The Labute approximate surface area is 123 Å². The summed E-state index contributed by atoms with van der Waals surface area (Å²) in [6, 6.07) is 6.37. The molecule has 1 aromatic carbocycles. The van der Waals surface area contributed by atoms with E-state index < -0.39 is 4.92 Å². The van der Waals surface area contributed by atoms with Crippen LogP contribution >= 0.6 is 24.0 Å². The maximum atomic E-state index is 10.6. The third kappa shape index (κ3) is 5.80. The van der Waals surface area contributed by atoms with Crippen LogP contribution in [0.3, 0.4) is 0 Å². The van der Waals surface area contributed by atoms with E-state index in [4.69, 9.17) is 5.73 Å². The van der Waals surface area contributed by atoms with E-state index in [2.05, 4.69) is 10.3 Å². The molecule has 0 aliphatic carbocycles. The molecule has 100 valence electrons. The summed E-state index contributed by atoms with van der Waals surface area (Å²) in [7, 11) is 0. The van der Waals surface area contributed by atoms with Crippen LogP contribution in [0.4, 0.5) is 5.69 Å². The standard InChI is InChI=1S/C11H16N4O2.HI/c1-2-6-13-11(12)14-8-9-4-3-5-10(7-9)15(16)17;/h3-5,7H,2,6,8H2,1H3,(H3,12,13,14);1H. The van der Waals surface area contributed by atoms with Crippen molar-refractivity contribution in [1.29, 1.82) is 0 Å². The second-order valence-electron chi connectivity index (χ2n) is 3.56. The molecule has 0 atom stereocenters. The van der Waals surface area contributed by atoms with Crippen LogP contribution < -0.4 is 11.1 Å². The number of hydrogen-bond donors (Lipinski definition) is 2. The van der Waals surface area contributed by atoms with E-state index in [0.29, 0.717) is 12.5 Å². The Balaban J connectivity index is 0.00000289. The molecule has 6 nitrogen and oxygen atoms in total. The molecule has 0 saturated carbocycles. The van der Waals surface area contributed by atoms with E-state index in [0.717, 1.165) is 18.5 Å². The van der Waals surface area contributed by atoms with Gasteiger partial charge in [0.1, 0.15) is 0 Å². The molecule has 7 heteroatoms. The predicted octanol–water partition coefficient (Wildman–Crippen LogP) is 2.03. The molecule has 1 aromatic rings. The molecule has 0 amide bonds. The molecular weight excluding hydrogens is 347 g/mol. The first kappa shape index (κ1) is 16.6. The molecule has 1 rings (SSSR count). The number of nitro benzene ring substituents is 1. The van der Waals surface area contributed by atoms with Crippen LogP contribution in [0.25, 0.3) is 0 Å². The van der Waals surface area contributed by atoms with Gasteiger partial charge >= 0.3 is 0 Å². The fraction of sp³-hybridized carbons (Fsp3) is 0.364. The molecule has 0 bridgehead atoms. The number of nitrogens with zero attached hydrogens (tertiary/aromatic N) is 2. The van der Waals surface area contributed by atoms with Crippen molar-refractivity contribution in [2.45, 2.75) is 19.9 Å². The van der Waals surface area contributed by atoms with Crippen molar-refractivity contribution in [2.75, 3.05) is 6.54 Å². The highest BCUT2D eigenvalue weighted by Gasteiger charge is 2.04. The highest BCUT2D eigenvalue weighted by atomic mass is 127. The van der Waals surface area contributed by atoms with Crippen molar-refractivity contribution in [3.63, 3.8) is 0 Å². The Hall–Kier alpha value is -1.38. The van der Waals surface area contributed by atoms with Gasteiger partial charge in [-0.25, -0.2) is 4.99 Å². The minimum Gasteiger partial charge on any atom is -0.370 e. The summed E-state index contributed by atoms with van der Waals surface area (Å²) in [6.07, 6.45) is 0.965. The van der Waals surface area contributed by atoms with Crippen molar-refractivity contribution >= 4 is 35.6 Å². The van der Waals surface area contributed by atoms with Gasteiger partial charge in [-0.05, 0) is 12.0 Å². The van der Waals surface area contributed by atoms with Crippen LogP contribution in [-0.2, 0) is 6.54 Å². The summed E-state index contributed by atoms with van der Waals surface area (Å²) in [5.41, 5.74) is 6.44. The number of benzene rings is 1. The number of non-ortho nitro benzene ring substituents is 1. The van der Waals surface area contributed by atoms with E-state index in [1.807, 2.05) is 6.92 Å². The molecule has 0 radical (unpaired) electrons. The average Bonchev–Trinajstić information content (AvgIpc) is 2.34. The van der Waals surface area contributed by atoms with E-state index in [-0.39, 0.29) is 29.7 Å². The molecule has 3 N–H and O–H groups in total. The fourth-order valence-electron chi connectivity index (χ4n) is 1.25. The maximum absolute atomic E-state index is 10.6. The van der Waals surface area contributed by atoms with Gasteiger partial charge in [0, 0.05) is 18.7 Å². The van der Waals surface area contributed by atoms with Gasteiger partial charge in [-0.2, -0.15) is 0 Å². The van der Waals surface area contributed by atoms with Gasteiger partial charge in [0.15, 0.2) is 5.96 Å². The summed E-state index contributed by atoms with van der Waals surface area (Å²) in [6.45, 7) is 3.13. The van der Waals surface area contributed by atoms with Gasteiger partial charge in [0.05, 0.1) is 11.5 Å². The van der Waals surface area contributed by atoms with Crippen LogP contribution in [0, 0.1) is 10.1 Å². The third-order valence-corrected chi connectivity index (χ3v) is 2.11. The lowest BCUT2D eigenvalue weighted by Gasteiger charge is -2.03. The largest absolute Gasteiger partial charge is 0.370 e. The minimum atomic E-state index is -0.425. The van der Waals surface area contributed by atoms with E-state index in [1.165, 1.54) is 12.1 Å². The van der Waals surface area contributed by atoms with Crippen LogP contribution in [0.1, 0.15) is 18.9 Å². The van der Waals surface area contributed by atoms with Gasteiger partial charge in [0.2, 0.25) is 0 Å². The summed E-state index contributed by atoms with van der Waals surface area (Å²) in [4.78, 5) is 14.2. The molecule has 0 heterocycles. The topological polar surface area (TPSA) is 93.5 Å². The summed E-state index contributed by atoms with van der Waals surface area (Å²) in [5, 5.41) is 13.5. The first-order chi connectivity index (χ1) is 8.13. The Morgan fingerprint density at radius 3 is 2.89 bits per heavy atom. The molecule has 18 heavy (non-hydrogen) atoms. The Morgan fingerprint density at radius 2 is 2.28 bits per heavy atom. The zero-order valence-electron chi connectivity index (χ0n) is 10.1. The summed E-state index contributed by atoms with van der Waals surface area (Å²) < 4.78 is 0. The second kappa shape index (κ2) is 8.67. The van der Waals surface area contributed by atoms with Gasteiger partial charge < -0.3 is 11.1 Å². The summed E-state index contributed by atoms with van der Waals surface area (Å²) in [5.74, 6) is 0.360. The number of rotatable bonds is 5. The minimum absolute atomic E-state index is 0. The Morgan fingerprint density at radius 1 is 1.56 bits per heavy atom. The SMILES string of the molecule is CCCNC(N)=NCc1cccc([N+](=O)[O-])c1.I. The lowest BCUT2D eigenvalue weighted by atomic mass is 10.2. The van der Waals surface area contributed by atoms with Gasteiger partial charge in [0.25, 0.3) is 5.69 Å². The van der Waals surface area contributed by atoms with Crippen LogP contribution in [-0.4, -0.2) is 17.4 Å². The molecule has 0 aliphatic heterocycles. The number of nitrogens with one attached hydrogen (secondary N) is 1. The number of halogens is 1. The van der Waals surface area contributed by atoms with Crippen LogP contribution in [0.2, 0.25) is 0 Å². The molecule has 0 spiro atoms. The first-order valence-electron chi connectivity index (χ1n) is 5.40. The lowest BCUT2D eigenvalue weighted by molar-refractivity contribution is -0.384. The van der Waals surface area contributed by atoms with E-state index in [1.54, 1.807) is 12.1 Å². The molecule has 0 unspecified atom stereocenters. The molecule has 0 aliphatic rings. The molecule has 0 aromatic heterocycles. The number of aliphatic imine (C=N–C) groups is 1. The maximum Gasteiger partial charge on any atom is 0.269 e. The van der Waals surface area contributed by atoms with Crippen LogP contribution in [0.5, 0.6) is 0 Å². The molecular formula is C11H17IN4O2. The Kier molecular flexibility index (Phi) is 8.01. The highest BCUT2D eigenvalue weighted by molar-refractivity contribution is 14.0. The number of nitro groups is 1. The smallest absolute Gasteiger partial charge is 0.269 e. The summed E-state index contributed by atoms with van der Waals surface area (Å²) >= 11 is 0. The van der Waals surface area contributed by atoms with Crippen molar-refractivity contribution < 1.29 is 4.92 Å². The highest BCUT2D eigenvalue weighted by Crippen LogP contribution is 2.13. The van der Waals surface area contributed by atoms with Crippen molar-refractivity contribution in [3.8, 4) is 0 Å². The second-order valence-corrected chi connectivity index (χ2v) is 3.56. The zero-order chi connectivity index (χ0) is 12.7. The van der Waals surface area contributed by atoms with Crippen LogP contribution in [0.15, 0.2) is 29.3 Å². The van der Waals surface area contributed by atoms with Crippen molar-refractivity contribution in [3.05, 3.63) is 39.9 Å². The quantitative estimate of drug-likeness (QED) is 0.275. The van der Waals surface area contributed by atoms with E-state index >= 15 is 0 Å². The van der Waals surface area contributed by atoms with E-state index in [9.17, 15) is 10.1 Å². The number of guanidine groups is 1. The Bertz CT molecular complexity index is 423. The van der Waals surface area contributed by atoms with Crippen molar-refractivity contribution in [1.82, 2.24) is 5.32 Å². The normalized spacial score (nSPS) is 10.6. The third-order valence-electron chi connectivity index (χ3n) is 2.11. The van der Waals surface area contributed by atoms with Crippen molar-refractivity contribution in [2.24, 2.45) is 10.7 Å². The number of nitrogens with two attached hydrogens (primary N) is 1. The lowest BCUT2D eigenvalue weighted by Crippen LogP contribution is -2.32. The van der Waals surface area contributed by atoms with Gasteiger partial charge in [-0.1, -0.05) is 19.1 Å². The number of hydrogen-bond acceptors (Lipinski definition) is 3. The first-order valence-corrected chi connectivity index (χ1v) is 5.40. The fourth-order valence-corrected chi connectivity index (χ4v) is 1.25. The monoisotopic (exact) mass is 364 g/mol. The van der Waals surface area contributed by atoms with Gasteiger partial charge in [-0.3, -0.25) is 10.1 Å². The predicted molar refractivity (Wildman–Crippen MR) is 82.1 cm³/mol. The molecule has 0 saturated heterocycles. The average molecular weight is 364 g/mol. The van der Waals surface area contributed by atoms with Gasteiger partial charge in [-0.15, -0.1) is 24.0 Å². The molecule has 0 fully saturated rings. The zero-order valence-corrected chi connectivity index (χ0v) is 12.5.